The molecule has 4 aromatic rings. The van der Waals surface area contributed by atoms with E-state index in [0.29, 0.717) is 48.6 Å². The molecule has 0 aliphatic rings. The summed E-state index contributed by atoms with van der Waals surface area (Å²) < 4.78 is 11.5. The first-order chi connectivity index (χ1) is 18.8. The number of nitrogens with one attached hydrogen (secondary N) is 2. The summed E-state index contributed by atoms with van der Waals surface area (Å²) in [6.45, 7) is 1.83. The molecule has 4 rings (SSSR count). The molecule has 0 radical (unpaired) electrons. The fourth-order valence-electron chi connectivity index (χ4n) is 3.75. The fraction of sp³-hybridized carbons (Fsp3) is 0.357. The Hall–Kier alpha value is -4.02. The summed E-state index contributed by atoms with van der Waals surface area (Å²) >= 11 is 0. The molecule has 10 nitrogen and oxygen atoms in total. The maximum Gasteiger partial charge on any atom is 0.319 e. The van der Waals surface area contributed by atoms with Gasteiger partial charge in [-0.15, -0.1) is 0 Å². The van der Waals surface area contributed by atoms with Gasteiger partial charge in [0.15, 0.2) is 11.6 Å². The number of nitrogens with zero attached hydrogens (tertiary/aromatic N) is 4. The minimum Gasteiger partial charge on any atom is -0.463 e. The molecule has 0 fully saturated rings. The van der Waals surface area contributed by atoms with Gasteiger partial charge in [-0.25, -0.2) is 0 Å². The van der Waals surface area contributed by atoms with Crippen molar-refractivity contribution in [2.75, 3.05) is 50.2 Å². The van der Waals surface area contributed by atoms with E-state index in [9.17, 15) is 0 Å². The van der Waals surface area contributed by atoms with Crippen molar-refractivity contribution < 1.29 is 19.7 Å². The third kappa shape index (κ3) is 7.99. The molecule has 0 atom stereocenters. The third-order valence-electron chi connectivity index (χ3n) is 5.67. The Morgan fingerprint density at radius 1 is 0.579 bits per heavy atom. The second-order valence-corrected chi connectivity index (χ2v) is 8.58. The summed E-state index contributed by atoms with van der Waals surface area (Å²) in [5.41, 5.74) is 3.40. The summed E-state index contributed by atoms with van der Waals surface area (Å²) in [6, 6.07) is 20.7. The van der Waals surface area contributed by atoms with E-state index in [2.05, 4.69) is 54.8 Å². The van der Waals surface area contributed by atoms with E-state index < -0.39 is 0 Å². The average molecular weight is 519 g/mol. The van der Waals surface area contributed by atoms with Crippen molar-refractivity contribution in [2.24, 2.45) is 0 Å². The molecule has 4 N–H and O–H groups in total. The first-order valence-corrected chi connectivity index (χ1v) is 12.9. The predicted octanol–water partition coefficient (Wildman–Crippen LogP) is 3.25. The lowest BCUT2D eigenvalue weighted by molar-refractivity contribution is 0.223. The number of benzene rings is 2. The normalized spacial score (nSPS) is 10.9. The fourth-order valence-corrected chi connectivity index (χ4v) is 3.75. The van der Waals surface area contributed by atoms with Crippen LogP contribution in [0.1, 0.15) is 24.0 Å². The van der Waals surface area contributed by atoms with Gasteiger partial charge in [0, 0.05) is 39.1 Å². The molecular weight excluding hydrogens is 484 g/mol. The number of hydrogen-bond acceptors (Lipinski definition) is 10. The zero-order chi connectivity index (χ0) is 26.4. The van der Waals surface area contributed by atoms with E-state index in [4.69, 9.17) is 19.7 Å². The maximum absolute atomic E-state index is 9.16. The van der Waals surface area contributed by atoms with Crippen molar-refractivity contribution in [3.05, 3.63) is 71.8 Å². The van der Waals surface area contributed by atoms with Gasteiger partial charge >= 0.3 is 12.0 Å². The van der Waals surface area contributed by atoms with E-state index in [1.807, 2.05) is 36.4 Å². The number of hydrogen-bond donors (Lipinski definition) is 4. The number of aliphatic hydroxyl groups excluding tert-OH is 2. The molecule has 38 heavy (non-hydrogen) atoms. The first-order valence-electron chi connectivity index (χ1n) is 12.9. The molecular formula is C28H34N6O4. The highest BCUT2D eigenvalue weighted by Crippen LogP contribution is 2.28. The van der Waals surface area contributed by atoms with Crippen LogP contribution in [0.25, 0.3) is 11.0 Å². The smallest absolute Gasteiger partial charge is 0.319 e. The summed E-state index contributed by atoms with van der Waals surface area (Å²) in [6.07, 6.45) is 2.52. The standard InChI is InChI=1S/C28H34N6O4/c35-17-7-19-37-27-32-24-23(25(33-27)29-15-13-21-9-3-1-4-10-21)31-28(38-20-8-18-36)34-26(24)30-16-14-22-11-5-2-6-12-22/h1-6,9-12,35-36H,7-8,13-20H2,(H,29,32,33)(H,30,31,34). The molecule has 2 heterocycles. The Morgan fingerprint density at radius 3 is 1.39 bits per heavy atom. The molecule has 0 amide bonds. The SMILES string of the molecule is OCCCOc1nc(NCCc2ccccc2)c2nc(OCCCO)nc(NCCc3ccccc3)c2n1. The van der Waals surface area contributed by atoms with Crippen molar-refractivity contribution in [3.8, 4) is 12.0 Å². The number of rotatable bonds is 16. The zero-order valence-electron chi connectivity index (χ0n) is 21.3. The Morgan fingerprint density at radius 2 is 1.00 bits per heavy atom. The van der Waals surface area contributed by atoms with Crippen LogP contribution in [0.3, 0.4) is 0 Å². The van der Waals surface area contributed by atoms with Crippen LogP contribution in [0.15, 0.2) is 60.7 Å². The molecule has 0 bridgehead atoms. The first kappa shape index (κ1) is 27.0. The maximum atomic E-state index is 9.16. The highest BCUT2D eigenvalue weighted by atomic mass is 16.5. The number of aliphatic hydroxyl groups is 2. The van der Waals surface area contributed by atoms with Crippen molar-refractivity contribution in [1.29, 1.82) is 0 Å². The van der Waals surface area contributed by atoms with Gasteiger partial charge in [0.05, 0.1) is 13.2 Å². The molecule has 10 heteroatoms. The lowest BCUT2D eigenvalue weighted by Gasteiger charge is -2.15. The van der Waals surface area contributed by atoms with Gasteiger partial charge in [-0.1, -0.05) is 60.7 Å². The summed E-state index contributed by atoms with van der Waals surface area (Å²) in [7, 11) is 0. The van der Waals surface area contributed by atoms with Crippen LogP contribution in [0.2, 0.25) is 0 Å². The van der Waals surface area contributed by atoms with Crippen molar-refractivity contribution in [2.45, 2.75) is 25.7 Å². The topological polar surface area (TPSA) is 135 Å². The van der Waals surface area contributed by atoms with Gasteiger partial charge in [-0.3, -0.25) is 0 Å². The van der Waals surface area contributed by atoms with Crippen molar-refractivity contribution in [3.63, 3.8) is 0 Å². The van der Waals surface area contributed by atoms with E-state index in [1.165, 1.54) is 11.1 Å². The van der Waals surface area contributed by atoms with Gasteiger partial charge in [0.2, 0.25) is 0 Å². The average Bonchev–Trinajstić information content (AvgIpc) is 2.95. The van der Waals surface area contributed by atoms with Gasteiger partial charge in [-0.05, 0) is 24.0 Å². The molecule has 0 unspecified atom stereocenters. The molecule has 0 saturated carbocycles. The van der Waals surface area contributed by atoms with E-state index >= 15 is 0 Å². The van der Waals surface area contributed by atoms with Gasteiger partial charge in [0.25, 0.3) is 0 Å². The van der Waals surface area contributed by atoms with Crippen LogP contribution in [0.4, 0.5) is 11.6 Å². The highest BCUT2D eigenvalue weighted by Gasteiger charge is 2.18. The van der Waals surface area contributed by atoms with Crippen LogP contribution in [-0.4, -0.2) is 69.7 Å². The molecule has 0 aliphatic heterocycles. The summed E-state index contributed by atoms with van der Waals surface area (Å²) in [4.78, 5) is 18.3. The van der Waals surface area contributed by atoms with Crippen LogP contribution >= 0.6 is 0 Å². The van der Waals surface area contributed by atoms with Gasteiger partial charge < -0.3 is 30.3 Å². The molecule has 0 saturated heterocycles. The number of fused-ring (bicyclic) bond motifs is 1. The molecule has 2 aromatic carbocycles. The van der Waals surface area contributed by atoms with Crippen molar-refractivity contribution in [1.82, 2.24) is 19.9 Å². The predicted molar refractivity (Wildman–Crippen MR) is 147 cm³/mol. The Bertz CT molecular complexity index is 1160. The van der Waals surface area contributed by atoms with Crippen molar-refractivity contribution >= 4 is 22.7 Å². The number of anilines is 2. The van der Waals surface area contributed by atoms with Crippen LogP contribution < -0.4 is 20.1 Å². The molecule has 200 valence electrons. The second kappa shape index (κ2) is 14.7. The minimum absolute atomic E-state index is 0.0136. The lowest BCUT2D eigenvalue weighted by atomic mass is 10.1. The number of ether oxygens (including phenoxy) is 2. The van der Waals surface area contributed by atoms with Crippen LogP contribution in [0, 0.1) is 0 Å². The largest absolute Gasteiger partial charge is 0.463 e. The number of aromatic nitrogens is 4. The zero-order valence-corrected chi connectivity index (χ0v) is 21.3. The van der Waals surface area contributed by atoms with E-state index in [-0.39, 0.29) is 38.4 Å². The van der Waals surface area contributed by atoms with E-state index in [0.717, 1.165) is 12.8 Å². The van der Waals surface area contributed by atoms with Crippen LogP contribution in [-0.2, 0) is 12.8 Å². The van der Waals surface area contributed by atoms with Gasteiger partial charge in [0.1, 0.15) is 11.0 Å². The summed E-state index contributed by atoms with van der Waals surface area (Å²) in [5.74, 6) is 1.01. The quantitative estimate of drug-likeness (QED) is 0.164. The highest BCUT2D eigenvalue weighted by molar-refractivity contribution is 5.93. The summed E-state index contributed by atoms with van der Waals surface area (Å²) in [5, 5.41) is 25.1. The van der Waals surface area contributed by atoms with E-state index in [1.54, 1.807) is 0 Å². The van der Waals surface area contributed by atoms with Crippen LogP contribution in [0.5, 0.6) is 12.0 Å². The third-order valence-corrected chi connectivity index (χ3v) is 5.67. The minimum atomic E-state index is 0.0136. The molecule has 0 spiro atoms. The Labute approximate surface area is 222 Å². The Balaban J connectivity index is 1.63. The van der Waals surface area contributed by atoms with Gasteiger partial charge in [-0.2, -0.15) is 19.9 Å². The lowest BCUT2D eigenvalue weighted by Crippen LogP contribution is -2.14. The Kier molecular flexibility index (Phi) is 10.4. The second-order valence-electron chi connectivity index (χ2n) is 8.58. The molecule has 0 aliphatic carbocycles. The molecule has 2 aromatic heterocycles. The monoisotopic (exact) mass is 518 g/mol.